The average Bonchev–Trinajstić information content (AvgIpc) is 2.77. The Balaban J connectivity index is 2.07. The molecular formula is C15H14Cl2N2O. The number of nitrogens with zero attached hydrogens (tertiary/aromatic N) is 1. The van der Waals surface area contributed by atoms with Crippen molar-refractivity contribution in [3.8, 4) is 5.75 Å². The third kappa shape index (κ3) is 2.22. The van der Waals surface area contributed by atoms with Crippen LogP contribution in [0.2, 0.25) is 10.0 Å². The Labute approximate surface area is 127 Å². The van der Waals surface area contributed by atoms with Crippen molar-refractivity contribution >= 4 is 28.9 Å². The first-order chi connectivity index (χ1) is 9.60. The number of fused-ring (bicyclic) bond motifs is 1. The van der Waals surface area contributed by atoms with E-state index in [1.54, 1.807) is 18.2 Å². The van der Waals surface area contributed by atoms with Gasteiger partial charge in [0.15, 0.2) is 0 Å². The molecule has 2 aromatic rings. The lowest BCUT2D eigenvalue weighted by Crippen LogP contribution is -2.27. The van der Waals surface area contributed by atoms with Crippen LogP contribution in [0.3, 0.4) is 0 Å². The molecule has 0 fully saturated rings. The minimum Gasteiger partial charge on any atom is -0.508 e. The fourth-order valence-corrected chi connectivity index (χ4v) is 3.30. The highest BCUT2D eigenvalue weighted by molar-refractivity contribution is 6.35. The molecule has 3 N–H and O–H groups in total. The van der Waals surface area contributed by atoms with Crippen molar-refractivity contribution in [2.24, 2.45) is 5.73 Å². The van der Waals surface area contributed by atoms with E-state index in [0.717, 1.165) is 16.8 Å². The molecule has 1 atom stereocenters. The highest BCUT2D eigenvalue weighted by Gasteiger charge is 2.31. The van der Waals surface area contributed by atoms with Gasteiger partial charge in [0.2, 0.25) is 0 Å². The SMILES string of the molecule is NCC1c2cc(Cl)cc(Cl)c2CN1c1cccc(O)c1. The van der Waals surface area contributed by atoms with E-state index < -0.39 is 0 Å². The summed E-state index contributed by atoms with van der Waals surface area (Å²) in [6, 6.07) is 10.8. The van der Waals surface area contributed by atoms with Gasteiger partial charge in [-0.1, -0.05) is 29.3 Å². The summed E-state index contributed by atoms with van der Waals surface area (Å²) in [6.07, 6.45) is 0. The maximum atomic E-state index is 9.64. The fourth-order valence-electron chi connectivity index (χ4n) is 2.73. The van der Waals surface area contributed by atoms with E-state index >= 15 is 0 Å². The number of phenols is 1. The van der Waals surface area contributed by atoms with Crippen LogP contribution in [0.25, 0.3) is 0 Å². The molecule has 0 aliphatic carbocycles. The van der Waals surface area contributed by atoms with E-state index in [2.05, 4.69) is 4.90 Å². The van der Waals surface area contributed by atoms with Gasteiger partial charge in [-0.2, -0.15) is 0 Å². The minimum absolute atomic E-state index is 0.0167. The lowest BCUT2D eigenvalue weighted by molar-refractivity contribution is 0.475. The van der Waals surface area contributed by atoms with E-state index in [9.17, 15) is 5.11 Å². The van der Waals surface area contributed by atoms with Crippen molar-refractivity contribution in [3.63, 3.8) is 0 Å². The average molecular weight is 309 g/mol. The van der Waals surface area contributed by atoms with Crippen LogP contribution >= 0.6 is 23.2 Å². The van der Waals surface area contributed by atoms with Crippen LogP contribution in [0.15, 0.2) is 36.4 Å². The number of nitrogens with two attached hydrogens (primary N) is 1. The third-order valence-corrected chi connectivity index (χ3v) is 4.20. The van der Waals surface area contributed by atoms with Gasteiger partial charge in [-0.25, -0.2) is 0 Å². The summed E-state index contributed by atoms with van der Waals surface area (Å²) < 4.78 is 0. The van der Waals surface area contributed by atoms with Gasteiger partial charge < -0.3 is 15.7 Å². The molecule has 104 valence electrons. The molecule has 3 rings (SSSR count). The van der Waals surface area contributed by atoms with Crippen LogP contribution in [-0.4, -0.2) is 11.7 Å². The zero-order chi connectivity index (χ0) is 14.3. The van der Waals surface area contributed by atoms with Gasteiger partial charge in [-0.15, -0.1) is 0 Å². The number of hydrogen-bond donors (Lipinski definition) is 2. The second-order valence-corrected chi connectivity index (χ2v) is 5.70. The Hall–Kier alpha value is -1.42. The van der Waals surface area contributed by atoms with Gasteiger partial charge in [-0.05, 0) is 35.4 Å². The van der Waals surface area contributed by atoms with E-state index in [1.807, 2.05) is 18.2 Å². The van der Waals surface area contributed by atoms with E-state index in [4.69, 9.17) is 28.9 Å². The first-order valence-corrected chi connectivity index (χ1v) is 7.09. The molecule has 0 bridgehead atoms. The summed E-state index contributed by atoms with van der Waals surface area (Å²) in [5, 5.41) is 10.9. The van der Waals surface area contributed by atoms with Crippen molar-refractivity contribution in [2.75, 3.05) is 11.4 Å². The first kappa shape index (κ1) is 13.6. The molecule has 3 nitrogen and oxygen atoms in total. The van der Waals surface area contributed by atoms with E-state index in [-0.39, 0.29) is 11.8 Å². The van der Waals surface area contributed by atoms with Gasteiger partial charge in [0.05, 0.1) is 6.04 Å². The van der Waals surface area contributed by atoms with Crippen LogP contribution in [0.1, 0.15) is 17.2 Å². The van der Waals surface area contributed by atoms with E-state index in [1.165, 1.54) is 0 Å². The highest BCUT2D eigenvalue weighted by atomic mass is 35.5. The molecule has 0 radical (unpaired) electrons. The smallest absolute Gasteiger partial charge is 0.117 e. The number of halogens is 2. The number of aromatic hydroxyl groups is 1. The predicted octanol–water partition coefficient (Wildman–Crippen LogP) is 3.72. The molecule has 20 heavy (non-hydrogen) atoms. The lowest BCUT2D eigenvalue weighted by Gasteiger charge is -2.26. The normalized spacial score (nSPS) is 17.4. The Morgan fingerprint density at radius 2 is 2.05 bits per heavy atom. The van der Waals surface area contributed by atoms with Crippen molar-refractivity contribution < 1.29 is 5.11 Å². The molecule has 0 spiro atoms. The topological polar surface area (TPSA) is 49.5 Å². The largest absolute Gasteiger partial charge is 0.508 e. The number of benzene rings is 2. The summed E-state index contributed by atoms with van der Waals surface area (Å²) in [4.78, 5) is 2.13. The van der Waals surface area contributed by atoms with Crippen LogP contribution in [0.5, 0.6) is 5.75 Å². The summed E-state index contributed by atoms with van der Waals surface area (Å²) in [5.41, 5.74) is 8.96. The summed E-state index contributed by atoms with van der Waals surface area (Å²) in [6.45, 7) is 1.12. The van der Waals surface area contributed by atoms with Gasteiger partial charge in [0, 0.05) is 34.9 Å². The number of rotatable bonds is 2. The molecule has 2 aromatic carbocycles. The Morgan fingerprint density at radius 3 is 2.75 bits per heavy atom. The van der Waals surface area contributed by atoms with Gasteiger partial charge in [-0.3, -0.25) is 0 Å². The van der Waals surface area contributed by atoms with Crippen LogP contribution in [0, 0.1) is 0 Å². The second-order valence-electron chi connectivity index (χ2n) is 4.85. The maximum absolute atomic E-state index is 9.64. The molecule has 0 aromatic heterocycles. The van der Waals surface area contributed by atoms with Crippen molar-refractivity contribution in [1.29, 1.82) is 0 Å². The second kappa shape index (κ2) is 5.17. The zero-order valence-electron chi connectivity index (χ0n) is 10.7. The summed E-state index contributed by atoms with van der Waals surface area (Å²) >= 11 is 12.4. The predicted molar refractivity (Wildman–Crippen MR) is 82.5 cm³/mol. The van der Waals surface area contributed by atoms with Gasteiger partial charge in [0.1, 0.15) is 5.75 Å². The fraction of sp³-hybridized carbons (Fsp3) is 0.200. The number of hydrogen-bond acceptors (Lipinski definition) is 3. The molecule has 1 aliphatic heterocycles. The molecule has 0 saturated carbocycles. The third-order valence-electron chi connectivity index (χ3n) is 3.64. The Kier molecular flexibility index (Phi) is 3.50. The van der Waals surface area contributed by atoms with E-state index in [0.29, 0.717) is 23.1 Å². The molecule has 5 heteroatoms. The number of phenolic OH excluding ortho intramolecular Hbond substituents is 1. The van der Waals surface area contributed by atoms with Gasteiger partial charge in [0.25, 0.3) is 0 Å². The molecular weight excluding hydrogens is 295 g/mol. The highest BCUT2D eigenvalue weighted by Crippen LogP contribution is 2.41. The Morgan fingerprint density at radius 1 is 1.25 bits per heavy atom. The molecule has 1 heterocycles. The van der Waals surface area contributed by atoms with Crippen LogP contribution < -0.4 is 10.6 Å². The quantitative estimate of drug-likeness (QED) is 0.889. The summed E-state index contributed by atoms with van der Waals surface area (Å²) in [7, 11) is 0. The Bertz CT molecular complexity index is 660. The molecule has 0 saturated heterocycles. The standard InChI is InChI=1S/C15H14Cl2N2O/c16-9-4-12-13(14(17)5-9)8-19(15(12)7-18)10-2-1-3-11(20)6-10/h1-6,15,20H,7-8,18H2. The summed E-state index contributed by atoms with van der Waals surface area (Å²) in [5.74, 6) is 0.235. The first-order valence-electron chi connectivity index (χ1n) is 6.33. The number of anilines is 1. The van der Waals surface area contributed by atoms with Crippen LogP contribution in [0.4, 0.5) is 5.69 Å². The minimum atomic E-state index is 0.0167. The monoisotopic (exact) mass is 308 g/mol. The molecule has 0 amide bonds. The van der Waals surface area contributed by atoms with Crippen molar-refractivity contribution in [2.45, 2.75) is 12.6 Å². The van der Waals surface area contributed by atoms with Gasteiger partial charge >= 0.3 is 0 Å². The van der Waals surface area contributed by atoms with Crippen molar-refractivity contribution in [1.82, 2.24) is 0 Å². The van der Waals surface area contributed by atoms with Crippen molar-refractivity contribution in [3.05, 3.63) is 57.6 Å². The van der Waals surface area contributed by atoms with Crippen LogP contribution in [-0.2, 0) is 6.54 Å². The zero-order valence-corrected chi connectivity index (χ0v) is 12.2. The molecule has 1 unspecified atom stereocenters. The maximum Gasteiger partial charge on any atom is 0.117 e. The lowest BCUT2D eigenvalue weighted by atomic mass is 10.0. The molecule has 1 aliphatic rings.